The van der Waals surface area contributed by atoms with E-state index in [0.29, 0.717) is 22.8 Å². The van der Waals surface area contributed by atoms with E-state index in [0.717, 1.165) is 25.7 Å². The quantitative estimate of drug-likeness (QED) is 0.851. The SMILES string of the molecule is CC1=C(C(=O)OC2CCCCC2)[C@H](c2cccc(F)c2)n2nnnc2N1. The summed E-state index contributed by atoms with van der Waals surface area (Å²) in [6.45, 7) is 1.78. The Bertz CT molecular complexity index is 857. The fraction of sp³-hybridized carbons (Fsp3) is 0.444. The van der Waals surface area contributed by atoms with Crippen LogP contribution < -0.4 is 5.32 Å². The molecule has 1 aliphatic carbocycles. The fourth-order valence-corrected chi connectivity index (χ4v) is 3.66. The first-order valence-electron chi connectivity index (χ1n) is 8.85. The van der Waals surface area contributed by atoms with Crippen LogP contribution in [-0.2, 0) is 9.53 Å². The molecule has 7 nitrogen and oxygen atoms in total. The Morgan fingerprint density at radius 1 is 1.31 bits per heavy atom. The number of rotatable bonds is 3. The molecular formula is C18H20FN5O2. The smallest absolute Gasteiger partial charge is 0.338 e. The summed E-state index contributed by atoms with van der Waals surface area (Å²) in [5, 5.41) is 14.6. The first kappa shape index (κ1) is 16.7. The highest BCUT2D eigenvalue weighted by Gasteiger charge is 2.36. The van der Waals surface area contributed by atoms with E-state index in [9.17, 15) is 9.18 Å². The monoisotopic (exact) mass is 357 g/mol. The van der Waals surface area contributed by atoms with Crippen LogP contribution in [0, 0.1) is 5.82 Å². The molecule has 1 atom stereocenters. The maximum atomic E-state index is 13.8. The van der Waals surface area contributed by atoms with E-state index in [1.54, 1.807) is 19.1 Å². The van der Waals surface area contributed by atoms with Crippen molar-refractivity contribution in [2.24, 2.45) is 0 Å². The molecule has 1 aromatic carbocycles. The van der Waals surface area contributed by atoms with E-state index in [4.69, 9.17) is 4.74 Å². The minimum Gasteiger partial charge on any atom is -0.459 e. The second kappa shape index (κ2) is 6.86. The highest BCUT2D eigenvalue weighted by Crippen LogP contribution is 2.35. The number of hydrogen-bond donors (Lipinski definition) is 1. The molecule has 1 fully saturated rings. The van der Waals surface area contributed by atoms with Crippen molar-refractivity contribution in [3.05, 3.63) is 46.9 Å². The van der Waals surface area contributed by atoms with Crippen LogP contribution in [-0.4, -0.2) is 32.3 Å². The summed E-state index contributed by atoms with van der Waals surface area (Å²) in [7, 11) is 0. The van der Waals surface area contributed by atoms with Gasteiger partial charge in [0.15, 0.2) is 0 Å². The Balaban J connectivity index is 1.71. The van der Waals surface area contributed by atoms with Gasteiger partial charge in [-0.25, -0.2) is 9.18 Å². The number of nitrogens with one attached hydrogen (secondary N) is 1. The zero-order chi connectivity index (χ0) is 18.1. The predicted octanol–water partition coefficient (Wildman–Crippen LogP) is 2.98. The molecule has 1 saturated carbocycles. The van der Waals surface area contributed by atoms with E-state index in [2.05, 4.69) is 20.8 Å². The number of esters is 1. The van der Waals surface area contributed by atoms with E-state index in [1.165, 1.54) is 23.2 Å². The lowest BCUT2D eigenvalue weighted by Crippen LogP contribution is -2.32. The lowest BCUT2D eigenvalue weighted by molar-refractivity contribution is -0.146. The van der Waals surface area contributed by atoms with Crippen LogP contribution in [0.15, 0.2) is 35.5 Å². The minimum atomic E-state index is -0.631. The van der Waals surface area contributed by atoms with E-state index >= 15 is 0 Å². The summed E-state index contributed by atoms with van der Waals surface area (Å²) >= 11 is 0. The van der Waals surface area contributed by atoms with Gasteiger partial charge >= 0.3 is 5.97 Å². The Morgan fingerprint density at radius 2 is 2.12 bits per heavy atom. The number of hydrogen-bond acceptors (Lipinski definition) is 6. The number of carbonyl (C=O) groups excluding carboxylic acids is 1. The summed E-state index contributed by atoms with van der Waals surface area (Å²) in [4.78, 5) is 13.0. The van der Waals surface area contributed by atoms with Gasteiger partial charge in [-0.3, -0.25) is 0 Å². The molecule has 1 aliphatic heterocycles. The van der Waals surface area contributed by atoms with Gasteiger partial charge in [-0.05, 0) is 60.7 Å². The Hall–Kier alpha value is -2.77. The molecule has 4 rings (SSSR count). The van der Waals surface area contributed by atoms with Gasteiger partial charge in [0, 0.05) is 5.70 Å². The van der Waals surface area contributed by atoms with Crippen molar-refractivity contribution in [2.75, 3.05) is 5.32 Å². The van der Waals surface area contributed by atoms with Crippen molar-refractivity contribution in [3.8, 4) is 0 Å². The number of nitrogens with zero attached hydrogens (tertiary/aromatic N) is 4. The number of aromatic nitrogens is 4. The lowest BCUT2D eigenvalue weighted by atomic mass is 9.95. The minimum absolute atomic E-state index is 0.0695. The summed E-state index contributed by atoms with van der Waals surface area (Å²) < 4.78 is 21.1. The number of allylic oxidation sites excluding steroid dienone is 1. The summed E-state index contributed by atoms with van der Waals surface area (Å²) in [5.74, 6) is -0.378. The third-order valence-corrected chi connectivity index (χ3v) is 4.92. The van der Waals surface area contributed by atoms with E-state index < -0.39 is 12.0 Å². The van der Waals surface area contributed by atoms with Gasteiger partial charge in [0.25, 0.3) is 0 Å². The van der Waals surface area contributed by atoms with Crippen molar-refractivity contribution in [2.45, 2.75) is 51.2 Å². The first-order valence-corrected chi connectivity index (χ1v) is 8.85. The van der Waals surface area contributed by atoms with Crippen LogP contribution in [0.5, 0.6) is 0 Å². The number of fused-ring (bicyclic) bond motifs is 1. The summed E-state index contributed by atoms with van der Waals surface area (Å²) in [5.41, 5.74) is 1.61. The Labute approximate surface area is 150 Å². The topological polar surface area (TPSA) is 81.9 Å². The van der Waals surface area contributed by atoms with Crippen molar-refractivity contribution in [1.29, 1.82) is 0 Å². The number of carbonyl (C=O) groups is 1. The molecule has 0 bridgehead atoms. The third-order valence-electron chi connectivity index (χ3n) is 4.92. The zero-order valence-corrected chi connectivity index (χ0v) is 14.5. The van der Waals surface area contributed by atoms with Crippen LogP contribution in [0.4, 0.5) is 10.3 Å². The van der Waals surface area contributed by atoms with Gasteiger partial charge in [-0.2, -0.15) is 4.68 Å². The molecule has 1 N–H and O–H groups in total. The molecule has 2 heterocycles. The molecule has 0 saturated heterocycles. The zero-order valence-electron chi connectivity index (χ0n) is 14.5. The van der Waals surface area contributed by atoms with Crippen LogP contribution >= 0.6 is 0 Å². The molecule has 8 heteroatoms. The van der Waals surface area contributed by atoms with E-state index in [1.807, 2.05) is 0 Å². The number of tetrazole rings is 1. The molecule has 0 amide bonds. The van der Waals surface area contributed by atoms with Crippen LogP contribution in [0.25, 0.3) is 0 Å². The second-order valence-corrected chi connectivity index (χ2v) is 6.73. The second-order valence-electron chi connectivity index (χ2n) is 6.73. The normalized spacial score (nSPS) is 20.5. The standard InChI is InChI=1S/C18H20FN5O2/c1-11-15(17(25)26-14-8-3-2-4-9-14)16(12-6-5-7-13(19)10-12)24-18(20-11)21-22-23-24/h5-7,10,14,16H,2-4,8-9H2,1H3,(H,20,21,23)/t16-/m0/s1. The molecule has 2 aromatic rings. The van der Waals surface area contributed by atoms with Crippen molar-refractivity contribution >= 4 is 11.9 Å². The van der Waals surface area contributed by atoms with Crippen LogP contribution in [0.3, 0.4) is 0 Å². The van der Waals surface area contributed by atoms with Crippen molar-refractivity contribution < 1.29 is 13.9 Å². The first-order chi connectivity index (χ1) is 12.6. The average molecular weight is 357 g/mol. The van der Waals surface area contributed by atoms with Crippen LogP contribution in [0.1, 0.15) is 50.6 Å². The molecule has 0 unspecified atom stereocenters. The number of benzene rings is 1. The largest absolute Gasteiger partial charge is 0.459 e. The van der Waals surface area contributed by atoms with Gasteiger partial charge < -0.3 is 10.1 Å². The highest BCUT2D eigenvalue weighted by atomic mass is 19.1. The molecule has 26 heavy (non-hydrogen) atoms. The molecule has 1 aromatic heterocycles. The molecule has 2 aliphatic rings. The molecule has 0 spiro atoms. The maximum Gasteiger partial charge on any atom is 0.338 e. The van der Waals surface area contributed by atoms with Crippen molar-refractivity contribution in [1.82, 2.24) is 20.2 Å². The third kappa shape index (κ3) is 3.07. The van der Waals surface area contributed by atoms with Gasteiger partial charge in [-0.15, -0.1) is 0 Å². The van der Waals surface area contributed by atoms with Gasteiger partial charge in [-0.1, -0.05) is 23.7 Å². The average Bonchev–Trinajstić information content (AvgIpc) is 3.09. The number of ether oxygens (including phenoxy) is 1. The molecule has 136 valence electrons. The van der Waals surface area contributed by atoms with Crippen molar-refractivity contribution in [3.63, 3.8) is 0 Å². The number of anilines is 1. The van der Waals surface area contributed by atoms with Gasteiger partial charge in [0.05, 0.1) is 5.57 Å². The van der Waals surface area contributed by atoms with Crippen LogP contribution in [0.2, 0.25) is 0 Å². The van der Waals surface area contributed by atoms with E-state index in [-0.39, 0.29) is 11.9 Å². The number of halogens is 1. The lowest BCUT2D eigenvalue weighted by Gasteiger charge is -2.29. The summed E-state index contributed by atoms with van der Waals surface area (Å²) in [6.07, 6.45) is 5.01. The summed E-state index contributed by atoms with van der Waals surface area (Å²) in [6, 6.07) is 5.49. The Morgan fingerprint density at radius 3 is 2.88 bits per heavy atom. The van der Waals surface area contributed by atoms with Gasteiger partial charge in [0.2, 0.25) is 5.95 Å². The van der Waals surface area contributed by atoms with Gasteiger partial charge in [0.1, 0.15) is 18.0 Å². The molecular weight excluding hydrogens is 337 g/mol. The predicted molar refractivity (Wildman–Crippen MR) is 91.6 cm³/mol. The highest BCUT2D eigenvalue weighted by molar-refractivity contribution is 5.92. The fourth-order valence-electron chi connectivity index (χ4n) is 3.66. The maximum absolute atomic E-state index is 13.8. The molecule has 0 radical (unpaired) electrons. The Kier molecular flexibility index (Phi) is 4.40.